The van der Waals surface area contributed by atoms with Gasteiger partial charge in [0.05, 0.1) is 7.11 Å². The largest absolute Gasteiger partial charge is 0.497 e. The Balaban J connectivity index is 1.70. The molecule has 2 N–H and O–H groups in total. The fraction of sp³-hybridized carbons (Fsp3) is 0.190. The molecule has 3 rings (SSSR count). The highest BCUT2D eigenvalue weighted by Crippen LogP contribution is 2.16. The number of methoxy groups -OCH3 is 1. The van der Waals surface area contributed by atoms with Crippen LogP contribution in [0.3, 0.4) is 0 Å². The maximum atomic E-state index is 12.5. The molecule has 3 aromatic rings. The number of hydrogen-bond donors (Lipinski definition) is 2. The molecule has 0 radical (unpaired) electrons. The number of amides is 1. The van der Waals surface area contributed by atoms with Crippen LogP contribution in [0.2, 0.25) is 0 Å². The smallest absolute Gasteiger partial charge is 0.274 e. The monoisotopic (exact) mass is 362 g/mol. The van der Waals surface area contributed by atoms with E-state index in [1.807, 2.05) is 12.1 Å². The van der Waals surface area contributed by atoms with Gasteiger partial charge >= 0.3 is 0 Å². The Morgan fingerprint density at radius 3 is 2.52 bits per heavy atom. The molecule has 0 saturated carbocycles. The molecule has 138 valence electrons. The molecule has 0 saturated heterocycles. The molecule has 6 nitrogen and oxygen atoms in total. The van der Waals surface area contributed by atoms with Crippen LogP contribution in [0.5, 0.6) is 5.75 Å². The van der Waals surface area contributed by atoms with Gasteiger partial charge in [-0.25, -0.2) is 9.97 Å². The van der Waals surface area contributed by atoms with Gasteiger partial charge < -0.3 is 15.4 Å². The number of anilines is 2. The van der Waals surface area contributed by atoms with Crippen LogP contribution in [-0.4, -0.2) is 23.0 Å². The first-order chi connectivity index (χ1) is 13.0. The number of aromatic nitrogens is 2. The van der Waals surface area contributed by atoms with E-state index in [-0.39, 0.29) is 5.91 Å². The van der Waals surface area contributed by atoms with Crippen molar-refractivity contribution in [3.63, 3.8) is 0 Å². The number of hydrogen-bond acceptors (Lipinski definition) is 5. The van der Waals surface area contributed by atoms with Crippen LogP contribution in [0.4, 0.5) is 11.5 Å². The van der Waals surface area contributed by atoms with Gasteiger partial charge in [0.15, 0.2) is 0 Å². The van der Waals surface area contributed by atoms with E-state index in [1.54, 1.807) is 44.4 Å². The first kappa shape index (κ1) is 18.4. The molecule has 1 amide bonds. The first-order valence-electron chi connectivity index (χ1n) is 8.64. The predicted octanol–water partition coefficient (Wildman–Crippen LogP) is 3.97. The number of benzene rings is 2. The van der Waals surface area contributed by atoms with Crippen molar-refractivity contribution in [1.29, 1.82) is 0 Å². The predicted molar refractivity (Wildman–Crippen MR) is 106 cm³/mol. The van der Waals surface area contributed by atoms with Crippen LogP contribution in [0.15, 0.2) is 54.6 Å². The standard InChI is InChI=1S/C21H22N4O2/c1-14-5-4-6-16(11-14)13-22-20-12-19(23-15(2)24-20)21(26)25-17-7-9-18(27-3)10-8-17/h4-12H,13H2,1-3H3,(H,25,26)(H,22,23,24). The van der Waals surface area contributed by atoms with E-state index in [1.165, 1.54) is 5.56 Å². The third-order valence-corrected chi connectivity index (χ3v) is 3.97. The second-order valence-electron chi connectivity index (χ2n) is 6.21. The summed E-state index contributed by atoms with van der Waals surface area (Å²) in [7, 11) is 1.60. The number of ether oxygens (including phenoxy) is 1. The summed E-state index contributed by atoms with van der Waals surface area (Å²) in [6, 6.07) is 17.0. The van der Waals surface area contributed by atoms with E-state index in [9.17, 15) is 4.79 Å². The van der Waals surface area contributed by atoms with E-state index >= 15 is 0 Å². The molecule has 0 atom stereocenters. The summed E-state index contributed by atoms with van der Waals surface area (Å²) in [5.74, 6) is 1.59. The lowest BCUT2D eigenvalue weighted by atomic mass is 10.1. The topological polar surface area (TPSA) is 76.1 Å². The highest BCUT2D eigenvalue weighted by Gasteiger charge is 2.11. The van der Waals surface area contributed by atoms with Gasteiger partial charge in [-0.05, 0) is 43.7 Å². The van der Waals surface area contributed by atoms with Gasteiger partial charge in [0.25, 0.3) is 5.91 Å². The Morgan fingerprint density at radius 1 is 1.04 bits per heavy atom. The van der Waals surface area contributed by atoms with Gasteiger partial charge in [0.2, 0.25) is 0 Å². The molecule has 0 aliphatic heterocycles. The number of nitrogens with zero attached hydrogens (tertiary/aromatic N) is 2. The zero-order valence-electron chi connectivity index (χ0n) is 15.6. The summed E-state index contributed by atoms with van der Waals surface area (Å²) in [6.07, 6.45) is 0. The summed E-state index contributed by atoms with van der Waals surface area (Å²) < 4.78 is 5.12. The zero-order chi connectivity index (χ0) is 19.2. The average Bonchev–Trinajstić information content (AvgIpc) is 2.66. The number of carbonyl (C=O) groups excluding carboxylic acids is 1. The van der Waals surface area contributed by atoms with Crippen LogP contribution < -0.4 is 15.4 Å². The molecule has 1 aromatic heterocycles. The molecule has 27 heavy (non-hydrogen) atoms. The van der Waals surface area contributed by atoms with E-state index < -0.39 is 0 Å². The quantitative estimate of drug-likeness (QED) is 0.694. The fourth-order valence-electron chi connectivity index (χ4n) is 2.66. The number of aryl methyl sites for hydroxylation is 2. The molecule has 0 fully saturated rings. The fourth-order valence-corrected chi connectivity index (χ4v) is 2.66. The van der Waals surface area contributed by atoms with E-state index in [0.29, 0.717) is 29.6 Å². The van der Waals surface area contributed by atoms with Gasteiger partial charge in [0, 0.05) is 18.3 Å². The van der Waals surface area contributed by atoms with Crippen LogP contribution in [0.1, 0.15) is 27.4 Å². The van der Waals surface area contributed by atoms with Crippen LogP contribution in [-0.2, 0) is 6.54 Å². The molecule has 0 aliphatic rings. The average molecular weight is 362 g/mol. The Kier molecular flexibility index (Phi) is 5.66. The Labute approximate surface area is 158 Å². The SMILES string of the molecule is COc1ccc(NC(=O)c2cc(NCc3cccc(C)c3)nc(C)n2)cc1. The lowest BCUT2D eigenvalue weighted by Gasteiger charge is -2.10. The number of nitrogens with one attached hydrogen (secondary N) is 2. The highest BCUT2D eigenvalue weighted by molar-refractivity contribution is 6.03. The van der Waals surface area contributed by atoms with Gasteiger partial charge in [-0.2, -0.15) is 0 Å². The van der Waals surface area contributed by atoms with Crippen LogP contribution in [0, 0.1) is 13.8 Å². The maximum absolute atomic E-state index is 12.5. The van der Waals surface area contributed by atoms with Crippen molar-refractivity contribution in [3.8, 4) is 5.75 Å². The van der Waals surface area contributed by atoms with Crippen molar-refractivity contribution in [2.75, 3.05) is 17.7 Å². The molecule has 2 aromatic carbocycles. The summed E-state index contributed by atoms with van der Waals surface area (Å²) in [5.41, 5.74) is 3.33. The van der Waals surface area contributed by atoms with E-state index in [4.69, 9.17) is 4.74 Å². The minimum Gasteiger partial charge on any atom is -0.497 e. The van der Waals surface area contributed by atoms with E-state index in [2.05, 4.69) is 39.7 Å². The first-order valence-corrected chi connectivity index (χ1v) is 8.64. The summed E-state index contributed by atoms with van der Waals surface area (Å²) in [5, 5.41) is 6.09. The summed E-state index contributed by atoms with van der Waals surface area (Å²) in [6.45, 7) is 4.44. The van der Waals surface area contributed by atoms with Crippen molar-refractivity contribution in [2.45, 2.75) is 20.4 Å². The molecule has 0 spiro atoms. The molecule has 0 bridgehead atoms. The van der Waals surface area contributed by atoms with Gasteiger partial charge in [0.1, 0.15) is 23.1 Å². The lowest BCUT2D eigenvalue weighted by molar-refractivity contribution is 0.102. The summed E-state index contributed by atoms with van der Waals surface area (Å²) in [4.78, 5) is 21.1. The van der Waals surface area contributed by atoms with Gasteiger partial charge in [-0.1, -0.05) is 29.8 Å². The van der Waals surface area contributed by atoms with Crippen LogP contribution >= 0.6 is 0 Å². The molecular formula is C21H22N4O2. The van der Waals surface area contributed by atoms with Crippen molar-refractivity contribution in [1.82, 2.24) is 9.97 Å². The Morgan fingerprint density at radius 2 is 1.81 bits per heavy atom. The van der Waals surface area contributed by atoms with Crippen molar-refractivity contribution in [2.24, 2.45) is 0 Å². The number of rotatable bonds is 6. The minimum absolute atomic E-state index is 0.288. The molecular weight excluding hydrogens is 340 g/mol. The molecule has 0 aliphatic carbocycles. The third-order valence-electron chi connectivity index (χ3n) is 3.97. The minimum atomic E-state index is -0.288. The molecule has 0 unspecified atom stereocenters. The molecule has 1 heterocycles. The maximum Gasteiger partial charge on any atom is 0.274 e. The van der Waals surface area contributed by atoms with Gasteiger partial charge in [-0.15, -0.1) is 0 Å². The lowest BCUT2D eigenvalue weighted by Crippen LogP contribution is -2.15. The Hall–Kier alpha value is -3.41. The zero-order valence-corrected chi connectivity index (χ0v) is 15.6. The second-order valence-corrected chi connectivity index (χ2v) is 6.21. The Bertz CT molecular complexity index is 939. The molecule has 6 heteroatoms. The normalized spacial score (nSPS) is 10.3. The van der Waals surface area contributed by atoms with Crippen LogP contribution in [0.25, 0.3) is 0 Å². The third kappa shape index (κ3) is 5.04. The second kappa shape index (κ2) is 8.31. The van der Waals surface area contributed by atoms with Crippen molar-refractivity contribution >= 4 is 17.4 Å². The highest BCUT2D eigenvalue weighted by atomic mass is 16.5. The summed E-state index contributed by atoms with van der Waals surface area (Å²) >= 11 is 0. The van der Waals surface area contributed by atoms with Crippen molar-refractivity contribution in [3.05, 3.63) is 77.2 Å². The van der Waals surface area contributed by atoms with Crippen molar-refractivity contribution < 1.29 is 9.53 Å². The van der Waals surface area contributed by atoms with Gasteiger partial charge in [-0.3, -0.25) is 4.79 Å². The van der Waals surface area contributed by atoms with E-state index in [0.717, 1.165) is 11.3 Å². The number of carbonyl (C=O) groups is 1.